The summed E-state index contributed by atoms with van der Waals surface area (Å²) in [6.07, 6.45) is 18.5. The Labute approximate surface area is 353 Å². The number of aliphatic hydroxyl groups excluding tert-OH is 1. The quantitative estimate of drug-likeness (QED) is 0.164. The van der Waals surface area contributed by atoms with Crippen molar-refractivity contribution in [3.8, 4) is 0 Å². The Kier molecular flexibility index (Phi) is 19.0. The van der Waals surface area contributed by atoms with Crippen LogP contribution < -0.4 is 0 Å². The average molecular weight is 824 g/mol. The number of hydrogen-bond acceptors (Lipinski definition) is 10. The predicted octanol–water partition coefficient (Wildman–Crippen LogP) is 7.71. The zero-order chi connectivity index (χ0) is 43.3. The molecule has 2 bridgehead atoms. The van der Waals surface area contributed by atoms with Crippen LogP contribution in [0.4, 0.5) is 0 Å². The van der Waals surface area contributed by atoms with Crippen LogP contribution in [0.2, 0.25) is 0 Å². The van der Waals surface area contributed by atoms with E-state index < -0.39 is 53.7 Å². The molecule has 0 spiro atoms. The molecule has 330 valence electrons. The maximum atomic E-state index is 14.2. The van der Waals surface area contributed by atoms with Crippen LogP contribution in [0.1, 0.15) is 144 Å². The summed E-state index contributed by atoms with van der Waals surface area (Å²) in [6, 6.07) is -1.05. The number of ether oxygens (including phenoxy) is 3. The fourth-order valence-corrected chi connectivity index (χ4v) is 9.23. The molecule has 0 aromatic carbocycles. The maximum Gasteiger partial charge on any atom is 0.329 e. The number of aliphatic hydroxyl groups is 2. The van der Waals surface area contributed by atoms with E-state index in [2.05, 4.69) is 6.92 Å². The highest BCUT2D eigenvalue weighted by Crippen LogP contribution is 2.37. The molecule has 11 heteroatoms. The lowest BCUT2D eigenvalue weighted by Gasteiger charge is -2.42. The first-order chi connectivity index (χ1) is 28.0. The minimum absolute atomic E-state index is 0.00700. The third kappa shape index (κ3) is 14.2. The van der Waals surface area contributed by atoms with Crippen molar-refractivity contribution in [2.45, 2.75) is 181 Å². The maximum absolute atomic E-state index is 14.2. The van der Waals surface area contributed by atoms with Gasteiger partial charge in [0, 0.05) is 44.8 Å². The molecule has 4 rings (SSSR count). The van der Waals surface area contributed by atoms with Crippen LogP contribution in [0.3, 0.4) is 0 Å². The zero-order valence-corrected chi connectivity index (χ0v) is 36.9. The summed E-state index contributed by atoms with van der Waals surface area (Å²) in [4.78, 5) is 70.2. The first-order valence-electron chi connectivity index (χ1n) is 22.4. The molecular formula is C48H73NO10. The second kappa shape index (κ2) is 23.1. The number of ketones is 3. The Bertz CT molecular complexity index is 1580. The van der Waals surface area contributed by atoms with Gasteiger partial charge in [-0.1, -0.05) is 82.6 Å². The molecule has 4 aliphatic rings. The van der Waals surface area contributed by atoms with Crippen molar-refractivity contribution in [3.63, 3.8) is 0 Å². The highest BCUT2D eigenvalue weighted by Gasteiger charge is 2.52. The SMILES string of the molecule is CO[C@H]1CCC[C@@H](C[C@@H](C)[C@@H]2CC(=O)C/C=C(\C)[C@@H](O)CC(=O)[C@H](C)C[C@H](C)/C=C/C=C/C=C(\C)CC[C@@H]3CC[C@@H](C)[C@@](O)(O3)C(=O)C(=O)N3CCCC[C@H]3C(=O)O2)C1. The van der Waals surface area contributed by atoms with E-state index in [1.54, 1.807) is 27.0 Å². The first-order valence-corrected chi connectivity index (χ1v) is 22.4. The fraction of sp³-hybridized carbons (Fsp3) is 0.729. The van der Waals surface area contributed by atoms with E-state index >= 15 is 0 Å². The van der Waals surface area contributed by atoms with Crippen molar-refractivity contribution in [2.24, 2.45) is 29.6 Å². The minimum atomic E-state index is -2.32. The van der Waals surface area contributed by atoms with E-state index in [0.29, 0.717) is 62.9 Å². The molecule has 59 heavy (non-hydrogen) atoms. The molecule has 0 unspecified atom stereocenters. The van der Waals surface area contributed by atoms with Gasteiger partial charge in [0.15, 0.2) is 0 Å². The number of methoxy groups -OCH3 is 1. The third-order valence-corrected chi connectivity index (χ3v) is 13.3. The lowest BCUT2D eigenvalue weighted by molar-refractivity contribution is -0.263. The van der Waals surface area contributed by atoms with Crippen LogP contribution >= 0.6 is 0 Å². The Morgan fingerprint density at radius 2 is 1.68 bits per heavy atom. The molecule has 3 heterocycles. The smallest absolute Gasteiger partial charge is 0.329 e. The van der Waals surface area contributed by atoms with Gasteiger partial charge in [-0.3, -0.25) is 19.2 Å². The van der Waals surface area contributed by atoms with Crippen LogP contribution in [0.25, 0.3) is 0 Å². The fourth-order valence-electron chi connectivity index (χ4n) is 9.23. The van der Waals surface area contributed by atoms with Crippen molar-refractivity contribution in [2.75, 3.05) is 13.7 Å². The van der Waals surface area contributed by atoms with E-state index in [0.717, 1.165) is 31.3 Å². The summed E-state index contributed by atoms with van der Waals surface area (Å²) in [5.41, 5.74) is 1.62. The van der Waals surface area contributed by atoms with E-state index in [4.69, 9.17) is 14.2 Å². The van der Waals surface area contributed by atoms with Crippen molar-refractivity contribution in [3.05, 3.63) is 47.6 Å². The lowest BCUT2D eigenvalue weighted by Crippen LogP contribution is -2.60. The molecule has 1 saturated carbocycles. The van der Waals surface area contributed by atoms with Gasteiger partial charge in [-0.2, -0.15) is 0 Å². The molecule has 11 atom stereocenters. The number of allylic oxidation sites excluding steroid dienone is 7. The molecule has 2 saturated heterocycles. The first kappa shape index (κ1) is 48.4. The van der Waals surface area contributed by atoms with Crippen molar-refractivity contribution in [1.29, 1.82) is 0 Å². The summed E-state index contributed by atoms with van der Waals surface area (Å²) in [5.74, 6) is -5.87. The van der Waals surface area contributed by atoms with E-state index in [1.165, 1.54) is 4.90 Å². The molecule has 0 aromatic heterocycles. The number of piperidine rings is 1. The summed E-state index contributed by atoms with van der Waals surface area (Å²) < 4.78 is 18.0. The Morgan fingerprint density at radius 1 is 0.915 bits per heavy atom. The van der Waals surface area contributed by atoms with Gasteiger partial charge in [0.25, 0.3) is 11.7 Å². The molecule has 0 aromatic rings. The van der Waals surface area contributed by atoms with Gasteiger partial charge in [0.05, 0.1) is 18.3 Å². The number of carbonyl (C=O) groups is 5. The van der Waals surface area contributed by atoms with Gasteiger partial charge in [-0.25, -0.2) is 4.79 Å². The van der Waals surface area contributed by atoms with E-state index in [9.17, 15) is 34.2 Å². The van der Waals surface area contributed by atoms with Gasteiger partial charge in [0.2, 0.25) is 5.79 Å². The molecule has 1 amide bonds. The van der Waals surface area contributed by atoms with Crippen LogP contribution in [0.15, 0.2) is 47.6 Å². The number of amides is 1. The normalized spacial score (nSPS) is 38.2. The van der Waals surface area contributed by atoms with Gasteiger partial charge in [-0.15, -0.1) is 0 Å². The van der Waals surface area contributed by atoms with Crippen LogP contribution in [-0.4, -0.2) is 94.2 Å². The zero-order valence-electron chi connectivity index (χ0n) is 36.9. The summed E-state index contributed by atoms with van der Waals surface area (Å²) >= 11 is 0. The highest BCUT2D eigenvalue weighted by molar-refractivity contribution is 6.39. The van der Waals surface area contributed by atoms with Gasteiger partial charge >= 0.3 is 5.97 Å². The molecular weight excluding hydrogens is 751 g/mol. The van der Waals surface area contributed by atoms with Crippen molar-refractivity contribution < 1.29 is 48.4 Å². The average Bonchev–Trinajstić information content (AvgIpc) is 3.21. The number of fused-ring (bicyclic) bond motifs is 3. The van der Waals surface area contributed by atoms with Gasteiger partial charge < -0.3 is 29.3 Å². The molecule has 3 aliphatic heterocycles. The number of esters is 1. The number of carbonyl (C=O) groups excluding carboxylic acids is 5. The molecule has 3 fully saturated rings. The van der Waals surface area contributed by atoms with Gasteiger partial charge in [-0.05, 0) is 108 Å². The van der Waals surface area contributed by atoms with E-state index in [-0.39, 0.29) is 67.7 Å². The second-order valence-corrected chi connectivity index (χ2v) is 18.3. The Hall–Kier alpha value is -3.25. The van der Waals surface area contributed by atoms with Crippen molar-refractivity contribution >= 4 is 29.2 Å². The lowest BCUT2D eigenvalue weighted by atomic mass is 9.79. The molecule has 0 radical (unpaired) electrons. The molecule has 11 nitrogen and oxygen atoms in total. The second-order valence-electron chi connectivity index (χ2n) is 18.3. The number of Topliss-reactive ketones (excluding diaryl/α,β-unsaturated/α-hetero) is 3. The highest BCUT2D eigenvalue weighted by atomic mass is 16.6. The molecule has 2 N–H and O–H groups in total. The van der Waals surface area contributed by atoms with Crippen LogP contribution in [0.5, 0.6) is 0 Å². The molecule has 1 aliphatic carbocycles. The summed E-state index contributed by atoms with van der Waals surface area (Å²) in [7, 11) is 1.72. The van der Waals surface area contributed by atoms with Crippen LogP contribution in [-0.2, 0) is 38.2 Å². The van der Waals surface area contributed by atoms with Crippen LogP contribution in [0, 0.1) is 29.6 Å². The number of cyclic esters (lactones) is 1. The third-order valence-electron chi connectivity index (χ3n) is 13.3. The summed E-state index contributed by atoms with van der Waals surface area (Å²) in [6.45, 7) is 11.5. The minimum Gasteiger partial charge on any atom is -0.460 e. The van der Waals surface area contributed by atoms with Crippen molar-refractivity contribution in [1.82, 2.24) is 4.90 Å². The summed E-state index contributed by atoms with van der Waals surface area (Å²) in [5, 5.41) is 22.7. The Balaban J connectivity index is 1.61. The Morgan fingerprint density at radius 3 is 2.42 bits per heavy atom. The number of hydrogen-bond donors (Lipinski definition) is 2. The predicted molar refractivity (Wildman–Crippen MR) is 227 cm³/mol. The largest absolute Gasteiger partial charge is 0.460 e. The number of nitrogens with zero attached hydrogens (tertiary/aromatic N) is 1. The van der Waals surface area contributed by atoms with Gasteiger partial charge in [0.1, 0.15) is 23.7 Å². The number of rotatable bonds is 4. The van der Waals surface area contributed by atoms with E-state index in [1.807, 2.05) is 51.2 Å². The monoisotopic (exact) mass is 824 g/mol. The topological polar surface area (TPSA) is 157 Å². The standard InChI is InChI=1S/C48H73NO10/c1-31-14-9-8-10-15-32(2)26-34(4)43(52)30-42(51)33(3)20-22-38(50)29-44(35(5)27-37-16-13-17-40(28-37)57-7)58-47(55)41-18-11-12-25-49(41)46(54)45(53)48(56)36(6)21-24-39(59-48)23-19-31/h8-10,14-15,20,32,34-37,39-42,44,51,56H,11-13,16-19,21-30H2,1-7H3/b9-8+,15-10+,31-14+,33-20+/t32-,34-,35-,36-,37+,39-,40+,41+,42+,44+,48-/m1/s1.